The molecule has 1 rings (SSSR count). The minimum atomic E-state index is -0.174. The van der Waals surface area contributed by atoms with Gasteiger partial charge in [0.25, 0.3) is 0 Å². The van der Waals surface area contributed by atoms with Crippen LogP contribution in [0.3, 0.4) is 0 Å². The minimum absolute atomic E-state index is 0.174. The molecule has 3 nitrogen and oxygen atoms in total. The molecule has 0 radical (unpaired) electrons. The summed E-state index contributed by atoms with van der Waals surface area (Å²) in [7, 11) is 1.42. The first kappa shape index (κ1) is 15.7. The van der Waals surface area contributed by atoms with E-state index in [9.17, 15) is 4.79 Å². The van der Waals surface area contributed by atoms with Gasteiger partial charge in [0, 0.05) is 12.6 Å². The number of rotatable bonds is 7. The van der Waals surface area contributed by atoms with Gasteiger partial charge in [0.2, 0.25) is 0 Å². The second-order valence-electron chi connectivity index (χ2n) is 5.34. The average Bonchev–Trinajstić information content (AvgIpc) is 2.38. The molecule has 0 fully saturated rings. The molecule has 19 heavy (non-hydrogen) atoms. The van der Waals surface area contributed by atoms with Crippen LogP contribution in [0.15, 0.2) is 24.3 Å². The molecule has 1 aromatic carbocycles. The molecule has 1 aromatic rings. The predicted molar refractivity (Wildman–Crippen MR) is 78.0 cm³/mol. The van der Waals surface area contributed by atoms with Crippen LogP contribution >= 0.6 is 0 Å². The summed E-state index contributed by atoms with van der Waals surface area (Å²) < 4.78 is 4.61. The standard InChI is InChI=1S/C16H25NO2/c1-12(2)11-14-5-7-15(8-6-14)13(3)17-10-9-16(18)19-4/h5-8,12-13,17H,9-11H2,1-4H3. The zero-order valence-corrected chi connectivity index (χ0v) is 12.4. The normalized spacial score (nSPS) is 12.5. The van der Waals surface area contributed by atoms with Crippen molar-refractivity contribution >= 4 is 5.97 Å². The predicted octanol–water partition coefficient (Wildman–Crippen LogP) is 3.10. The summed E-state index contributed by atoms with van der Waals surface area (Å²) in [6.07, 6.45) is 1.52. The fourth-order valence-electron chi connectivity index (χ4n) is 2.02. The zero-order chi connectivity index (χ0) is 14.3. The Labute approximate surface area is 116 Å². The van der Waals surface area contributed by atoms with E-state index >= 15 is 0 Å². The summed E-state index contributed by atoms with van der Waals surface area (Å²) in [5.41, 5.74) is 2.62. The Hall–Kier alpha value is -1.35. The summed E-state index contributed by atoms with van der Waals surface area (Å²) in [6.45, 7) is 7.20. The van der Waals surface area contributed by atoms with Crippen LogP contribution in [0.2, 0.25) is 0 Å². The van der Waals surface area contributed by atoms with Crippen molar-refractivity contribution in [1.82, 2.24) is 5.32 Å². The second kappa shape index (κ2) is 7.95. The Kier molecular flexibility index (Phi) is 6.57. The molecule has 0 aromatic heterocycles. The van der Waals surface area contributed by atoms with Crippen LogP contribution in [0.1, 0.15) is 44.4 Å². The largest absolute Gasteiger partial charge is 0.469 e. The molecule has 0 bridgehead atoms. The zero-order valence-electron chi connectivity index (χ0n) is 12.4. The highest BCUT2D eigenvalue weighted by Gasteiger charge is 2.06. The topological polar surface area (TPSA) is 38.3 Å². The quantitative estimate of drug-likeness (QED) is 0.768. The van der Waals surface area contributed by atoms with Gasteiger partial charge in [-0.2, -0.15) is 0 Å². The lowest BCUT2D eigenvalue weighted by atomic mass is 10.00. The Bertz CT molecular complexity index is 384. The lowest BCUT2D eigenvalue weighted by Crippen LogP contribution is -2.22. The Morgan fingerprint density at radius 2 is 1.84 bits per heavy atom. The van der Waals surface area contributed by atoms with Crippen molar-refractivity contribution in [3.8, 4) is 0 Å². The molecule has 0 saturated carbocycles. The molecule has 3 heteroatoms. The van der Waals surface area contributed by atoms with Crippen molar-refractivity contribution in [3.63, 3.8) is 0 Å². The van der Waals surface area contributed by atoms with Crippen molar-refractivity contribution in [2.24, 2.45) is 5.92 Å². The van der Waals surface area contributed by atoms with Gasteiger partial charge >= 0.3 is 5.97 Å². The smallest absolute Gasteiger partial charge is 0.306 e. The average molecular weight is 263 g/mol. The SMILES string of the molecule is COC(=O)CCNC(C)c1ccc(CC(C)C)cc1. The number of hydrogen-bond acceptors (Lipinski definition) is 3. The fourth-order valence-corrected chi connectivity index (χ4v) is 2.02. The van der Waals surface area contributed by atoms with Gasteiger partial charge in [-0.15, -0.1) is 0 Å². The number of ether oxygens (including phenoxy) is 1. The van der Waals surface area contributed by atoms with Crippen molar-refractivity contribution in [2.75, 3.05) is 13.7 Å². The monoisotopic (exact) mass is 263 g/mol. The van der Waals surface area contributed by atoms with E-state index in [1.165, 1.54) is 18.2 Å². The number of carbonyl (C=O) groups excluding carboxylic acids is 1. The fraction of sp³-hybridized carbons (Fsp3) is 0.562. The summed E-state index contributed by atoms with van der Waals surface area (Å²) in [4.78, 5) is 11.0. The molecule has 1 atom stereocenters. The van der Waals surface area contributed by atoms with Gasteiger partial charge < -0.3 is 10.1 Å². The molecule has 1 N–H and O–H groups in total. The van der Waals surface area contributed by atoms with E-state index in [-0.39, 0.29) is 12.0 Å². The van der Waals surface area contributed by atoms with E-state index in [0.717, 1.165) is 6.42 Å². The molecule has 0 aliphatic carbocycles. The van der Waals surface area contributed by atoms with Gasteiger partial charge in [-0.05, 0) is 30.4 Å². The maximum absolute atomic E-state index is 11.0. The molecule has 0 spiro atoms. The first-order valence-corrected chi connectivity index (χ1v) is 6.92. The van der Waals surface area contributed by atoms with Crippen LogP contribution in [0.4, 0.5) is 0 Å². The molecule has 0 aliphatic rings. The molecular weight excluding hydrogens is 238 g/mol. The first-order chi connectivity index (χ1) is 9.02. The molecule has 0 heterocycles. The third-order valence-corrected chi connectivity index (χ3v) is 3.13. The lowest BCUT2D eigenvalue weighted by molar-refractivity contribution is -0.140. The second-order valence-corrected chi connectivity index (χ2v) is 5.34. The summed E-state index contributed by atoms with van der Waals surface area (Å²) >= 11 is 0. The maximum Gasteiger partial charge on any atom is 0.306 e. The van der Waals surface area contributed by atoms with Crippen LogP contribution < -0.4 is 5.32 Å². The third kappa shape index (κ3) is 5.88. The molecule has 0 aliphatic heterocycles. The Morgan fingerprint density at radius 3 is 2.37 bits per heavy atom. The highest BCUT2D eigenvalue weighted by molar-refractivity contribution is 5.69. The van der Waals surface area contributed by atoms with Gasteiger partial charge in [-0.1, -0.05) is 38.1 Å². The number of nitrogens with one attached hydrogen (secondary N) is 1. The first-order valence-electron chi connectivity index (χ1n) is 6.92. The number of benzene rings is 1. The van der Waals surface area contributed by atoms with Crippen molar-refractivity contribution in [3.05, 3.63) is 35.4 Å². The van der Waals surface area contributed by atoms with E-state index in [4.69, 9.17) is 0 Å². The summed E-state index contributed by atoms with van der Waals surface area (Å²) in [5.74, 6) is 0.508. The van der Waals surface area contributed by atoms with E-state index < -0.39 is 0 Å². The highest BCUT2D eigenvalue weighted by atomic mass is 16.5. The Balaban J connectivity index is 2.44. The van der Waals surface area contributed by atoms with Crippen LogP contribution in [0.5, 0.6) is 0 Å². The number of esters is 1. The maximum atomic E-state index is 11.0. The summed E-state index contributed by atoms with van der Waals surface area (Å²) in [5, 5.41) is 3.32. The van der Waals surface area contributed by atoms with Crippen LogP contribution in [-0.4, -0.2) is 19.6 Å². The Morgan fingerprint density at radius 1 is 1.21 bits per heavy atom. The molecule has 106 valence electrons. The van der Waals surface area contributed by atoms with Gasteiger partial charge in [0.05, 0.1) is 13.5 Å². The molecule has 1 unspecified atom stereocenters. The molecule has 0 amide bonds. The van der Waals surface area contributed by atoms with Crippen molar-refractivity contribution < 1.29 is 9.53 Å². The van der Waals surface area contributed by atoms with Crippen LogP contribution in [0.25, 0.3) is 0 Å². The van der Waals surface area contributed by atoms with E-state index in [2.05, 4.69) is 55.1 Å². The highest BCUT2D eigenvalue weighted by Crippen LogP contribution is 2.15. The van der Waals surface area contributed by atoms with Crippen molar-refractivity contribution in [2.45, 2.75) is 39.7 Å². The summed E-state index contributed by atoms with van der Waals surface area (Å²) in [6, 6.07) is 8.95. The van der Waals surface area contributed by atoms with Gasteiger partial charge in [-0.3, -0.25) is 4.79 Å². The molecular formula is C16H25NO2. The van der Waals surface area contributed by atoms with Gasteiger partial charge in [-0.25, -0.2) is 0 Å². The van der Waals surface area contributed by atoms with Crippen LogP contribution in [0, 0.1) is 5.92 Å². The van der Waals surface area contributed by atoms with Gasteiger partial charge in [0.1, 0.15) is 0 Å². The number of carbonyl (C=O) groups is 1. The molecule has 0 saturated heterocycles. The van der Waals surface area contributed by atoms with Crippen LogP contribution in [-0.2, 0) is 16.0 Å². The van der Waals surface area contributed by atoms with Crippen molar-refractivity contribution in [1.29, 1.82) is 0 Å². The van der Waals surface area contributed by atoms with Gasteiger partial charge in [0.15, 0.2) is 0 Å². The minimum Gasteiger partial charge on any atom is -0.469 e. The number of hydrogen-bond donors (Lipinski definition) is 1. The van der Waals surface area contributed by atoms with E-state index in [1.54, 1.807) is 0 Å². The number of methoxy groups -OCH3 is 1. The van der Waals surface area contributed by atoms with E-state index in [0.29, 0.717) is 18.9 Å². The lowest BCUT2D eigenvalue weighted by Gasteiger charge is -2.14. The van der Waals surface area contributed by atoms with E-state index in [1.807, 2.05) is 0 Å². The third-order valence-electron chi connectivity index (χ3n) is 3.13.